The molecule has 1 N–H and O–H groups in total. The number of nitrogens with one attached hydrogen (secondary N) is 1. The van der Waals surface area contributed by atoms with Crippen LogP contribution in [0.3, 0.4) is 0 Å². The van der Waals surface area contributed by atoms with Crippen molar-refractivity contribution in [2.45, 2.75) is 45.6 Å². The molecule has 3 heteroatoms. The minimum atomic E-state index is 0.843. The quantitative estimate of drug-likeness (QED) is 0.795. The molecule has 0 amide bonds. The molecule has 1 heterocycles. The Morgan fingerprint density at radius 2 is 2.29 bits per heavy atom. The van der Waals surface area contributed by atoms with Gasteiger partial charge in [-0.3, -0.25) is 9.97 Å². The fraction of sp³-hybridized carbons (Fsp3) is 0.714. The fourth-order valence-corrected chi connectivity index (χ4v) is 2.77. The average molecular weight is 233 g/mol. The molecule has 0 aliphatic heterocycles. The molecule has 1 aliphatic rings. The Balaban J connectivity index is 1.60. The van der Waals surface area contributed by atoms with Crippen molar-refractivity contribution in [2.24, 2.45) is 11.8 Å². The molecule has 2 atom stereocenters. The van der Waals surface area contributed by atoms with E-state index < -0.39 is 0 Å². The van der Waals surface area contributed by atoms with E-state index in [2.05, 4.69) is 22.2 Å². The van der Waals surface area contributed by atoms with Gasteiger partial charge < -0.3 is 5.32 Å². The van der Waals surface area contributed by atoms with Gasteiger partial charge in [0.2, 0.25) is 0 Å². The summed E-state index contributed by atoms with van der Waals surface area (Å²) in [4.78, 5) is 8.31. The van der Waals surface area contributed by atoms with E-state index in [4.69, 9.17) is 0 Å². The van der Waals surface area contributed by atoms with Crippen molar-refractivity contribution >= 4 is 0 Å². The first kappa shape index (κ1) is 12.5. The summed E-state index contributed by atoms with van der Waals surface area (Å²) in [7, 11) is 0. The van der Waals surface area contributed by atoms with Crippen LogP contribution in [0.25, 0.3) is 0 Å². The van der Waals surface area contributed by atoms with Gasteiger partial charge in [-0.1, -0.05) is 26.2 Å². The van der Waals surface area contributed by atoms with Crippen molar-refractivity contribution in [1.82, 2.24) is 15.3 Å². The summed E-state index contributed by atoms with van der Waals surface area (Å²) in [5.41, 5.74) is 1.03. The molecule has 0 saturated heterocycles. The van der Waals surface area contributed by atoms with E-state index in [1.165, 1.54) is 32.1 Å². The summed E-state index contributed by atoms with van der Waals surface area (Å²) in [5.74, 6) is 1.88. The van der Waals surface area contributed by atoms with Crippen LogP contribution < -0.4 is 5.32 Å². The summed E-state index contributed by atoms with van der Waals surface area (Å²) < 4.78 is 0. The molecule has 2 unspecified atom stereocenters. The monoisotopic (exact) mass is 233 g/mol. The van der Waals surface area contributed by atoms with E-state index in [0.29, 0.717) is 0 Å². The Morgan fingerprint density at radius 3 is 3.06 bits per heavy atom. The van der Waals surface area contributed by atoms with E-state index in [1.54, 1.807) is 12.4 Å². The lowest BCUT2D eigenvalue weighted by molar-refractivity contribution is 0.267. The van der Waals surface area contributed by atoms with Crippen LogP contribution in [0.5, 0.6) is 0 Å². The number of hydrogen-bond acceptors (Lipinski definition) is 3. The van der Waals surface area contributed by atoms with Gasteiger partial charge in [0.15, 0.2) is 0 Å². The number of hydrogen-bond donors (Lipinski definition) is 1. The van der Waals surface area contributed by atoms with Crippen molar-refractivity contribution in [3.8, 4) is 0 Å². The molecule has 2 rings (SSSR count). The van der Waals surface area contributed by atoms with Gasteiger partial charge in [0.05, 0.1) is 5.69 Å². The van der Waals surface area contributed by atoms with Gasteiger partial charge in [-0.25, -0.2) is 0 Å². The molecule has 1 fully saturated rings. The third-order valence-corrected chi connectivity index (χ3v) is 3.70. The predicted octanol–water partition coefficient (Wildman–Crippen LogP) is 2.78. The molecule has 0 radical (unpaired) electrons. The Bertz CT molecular complexity index is 313. The van der Waals surface area contributed by atoms with Gasteiger partial charge in [0.1, 0.15) is 0 Å². The Hall–Kier alpha value is -0.960. The lowest BCUT2D eigenvalue weighted by Gasteiger charge is -2.26. The van der Waals surface area contributed by atoms with Gasteiger partial charge >= 0.3 is 0 Å². The highest BCUT2D eigenvalue weighted by atomic mass is 14.9. The molecule has 1 saturated carbocycles. The molecule has 0 bridgehead atoms. The summed E-state index contributed by atoms with van der Waals surface area (Å²) in [6.07, 6.45) is 12.3. The van der Waals surface area contributed by atoms with Crippen LogP contribution in [0.15, 0.2) is 18.6 Å². The summed E-state index contributed by atoms with van der Waals surface area (Å²) in [6.45, 7) is 4.34. The maximum absolute atomic E-state index is 4.25. The van der Waals surface area contributed by atoms with Crippen molar-refractivity contribution in [2.75, 3.05) is 6.54 Å². The third kappa shape index (κ3) is 4.43. The zero-order chi connectivity index (χ0) is 11.9. The van der Waals surface area contributed by atoms with Crippen LogP contribution in [0.4, 0.5) is 0 Å². The van der Waals surface area contributed by atoms with Gasteiger partial charge in [-0.2, -0.15) is 0 Å². The first-order chi connectivity index (χ1) is 8.34. The summed E-state index contributed by atoms with van der Waals surface area (Å²) >= 11 is 0. The van der Waals surface area contributed by atoms with Crippen LogP contribution in [0, 0.1) is 11.8 Å². The summed E-state index contributed by atoms with van der Waals surface area (Å²) in [5, 5.41) is 3.46. The topological polar surface area (TPSA) is 37.8 Å². The standard InChI is InChI=1S/C14H23N3/c1-12-3-2-4-13(9-12)5-6-15-10-14-11-16-7-8-17-14/h7-8,11-13,15H,2-6,9-10H2,1H3. The molecule has 1 aromatic rings. The minimum absolute atomic E-state index is 0.843. The first-order valence-electron chi connectivity index (χ1n) is 6.80. The Labute approximate surface area is 104 Å². The molecule has 1 aliphatic carbocycles. The van der Waals surface area contributed by atoms with Crippen molar-refractivity contribution in [3.63, 3.8) is 0 Å². The zero-order valence-corrected chi connectivity index (χ0v) is 10.7. The number of aromatic nitrogens is 2. The number of nitrogens with zero attached hydrogens (tertiary/aromatic N) is 2. The predicted molar refractivity (Wildman–Crippen MR) is 69.5 cm³/mol. The van der Waals surface area contributed by atoms with Gasteiger partial charge in [-0.15, -0.1) is 0 Å². The molecular formula is C14H23N3. The molecule has 0 spiro atoms. The molecule has 0 aromatic carbocycles. The largest absolute Gasteiger partial charge is 0.311 e. The second-order valence-electron chi connectivity index (χ2n) is 5.30. The zero-order valence-electron chi connectivity index (χ0n) is 10.7. The molecule has 94 valence electrons. The molecule has 17 heavy (non-hydrogen) atoms. The lowest BCUT2D eigenvalue weighted by atomic mass is 9.81. The van der Waals surface area contributed by atoms with Gasteiger partial charge in [0, 0.05) is 25.1 Å². The first-order valence-corrected chi connectivity index (χ1v) is 6.80. The van der Waals surface area contributed by atoms with E-state index in [1.807, 2.05) is 6.20 Å². The second-order valence-corrected chi connectivity index (χ2v) is 5.30. The maximum atomic E-state index is 4.25. The smallest absolute Gasteiger partial charge is 0.0724 e. The SMILES string of the molecule is CC1CCCC(CCNCc2cnccn2)C1. The molecule has 1 aromatic heterocycles. The highest BCUT2D eigenvalue weighted by Crippen LogP contribution is 2.30. The van der Waals surface area contributed by atoms with Crippen molar-refractivity contribution < 1.29 is 0 Å². The summed E-state index contributed by atoms with van der Waals surface area (Å²) in [6, 6.07) is 0. The van der Waals surface area contributed by atoms with Gasteiger partial charge in [0.25, 0.3) is 0 Å². The van der Waals surface area contributed by atoms with Crippen LogP contribution in [-0.4, -0.2) is 16.5 Å². The highest BCUT2D eigenvalue weighted by molar-refractivity contribution is 4.93. The van der Waals surface area contributed by atoms with Crippen LogP contribution in [0.2, 0.25) is 0 Å². The van der Waals surface area contributed by atoms with Crippen molar-refractivity contribution in [1.29, 1.82) is 0 Å². The maximum Gasteiger partial charge on any atom is 0.0724 e. The van der Waals surface area contributed by atoms with Gasteiger partial charge in [-0.05, 0) is 31.2 Å². The lowest BCUT2D eigenvalue weighted by Crippen LogP contribution is -2.21. The average Bonchev–Trinajstić information content (AvgIpc) is 2.36. The number of rotatable bonds is 5. The van der Waals surface area contributed by atoms with Crippen LogP contribution in [0.1, 0.15) is 44.7 Å². The minimum Gasteiger partial charge on any atom is -0.311 e. The normalized spacial score (nSPS) is 24.8. The van der Waals surface area contributed by atoms with E-state index in [-0.39, 0.29) is 0 Å². The van der Waals surface area contributed by atoms with E-state index >= 15 is 0 Å². The highest BCUT2D eigenvalue weighted by Gasteiger charge is 2.17. The molecule has 3 nitrogen and oxygen atoms in total. The van der Waals surface area contributed by atoms with E-state index in [9.17, 15) is 0 Å². The third-order valence-electron chi connectivity index (χ3n) is 3.70. The Kier molecular flexibility index (Phi) is 4.92. The van der Waals surface area contributed by atoms with E-state index in [0.717, 1.165) is 30.6 Å². The Morgan fingerprint density at radius 1 is 1.35 bits per heavy atom. The fourth-order valence-electron chi connectivity index (χ4n) is 2.77. The van der Waals surface area contributed by atoms with Crippen LogP contribution in [-0.2, 0) is 6.54 Å². The molecular weight excluding hydrogens is 210 g/mol. The van der Waals surface area contributed by atoms with Crippen molar-refractivity contribution in [3.05, 3.63) is 24.3 Å². The second kappa shape index (κ2) is 6.70. The van der Waals surface area contributed by atoms with Crippen LogP contribution >= 0.6 is 0 Å².